The minimum absolute atomic E-state index is 0.221. The molecule has 0 bridgehead atoms. The van der Waals surface area contributed by atoms with E-state index in [1.54, 1.807) is 44.5 Å². The molecule has 0 aliphatic carbocycles. The molecule has 0 fully saturated rings. The molecule has 0 aliphatic heterocycles. The summed E-state index contributed by atoms with van der Waals surface area (Å²) in [5.74, 6) is 0.588. The van der Waals surface area contributed by atoms with Gasteiger partial charge in [-0.25, -0.2) is 9.59 Å². The van der Waals surface area contributed by atoms with E-state index < -0.39 is 12.1 Å². The lowest BCUT2D eigenvalue weighted by Gasteiger charge is -2.11. The second-order valence-electron chi connectivity index (χ2n) is 4.99. The van der Waals surface area contributed by atoms with Gasteiger partial charge in [-0.15, -0.1) is 11.3 Å². The second-order valence-corrected chi connectivity index (χ2v) is 5.87. The maximum absolute atomic E-state index is 12.5. The fourth-order valence-electron chi connectivity index (χ4n) is 2.33. The molecule has 0 unspecified atom stereocenters. The maximum Gasteiger partial charge on any atom is 0.412 e. The van der Waals surface area contributed by atoms with E-state index in [0.717, 1.165) is 5.56 Å². The summed E-state index contributed by atoms with van der Waals surface area (Å²) in [6, 6.07) is 5.32. The molecule has 0 atom stereocenters. The number of methoxy groups -OCH3 is 2. The molecule has 0 spiro atoms. The Bertz CT molecular complexity index is 786. The first-order valence-electron chi connectivity index (χ1n) is 8.00. The van der Waals surface area contributed by atoms with Gasteiger partial charge in [-0.3, -0.25) is 5.32 Å². The highest BCUT2D eigenvalue weighted by Crippen LogP contribution is 2.39. The van der Waals surface area contributed by atoms with Crippen LogP contribution < -0.4 is 14.8 Å². The molecule has 1 aromatic heterocycles. The van der Waals surface area contributed by atoms with Crippen molar-refractivity contribution in [2.24, 2.45) is 0 Å². The highest BCUT2D eigenvalue weighted by Gasteiger charge is 2.23. The molecule has 2 rings (SSSR count). The molecule has 0 saturated heterocycles. The fourth-order valence-corrected chi connectivity index (χ4v) is 3.27. The van der Waals surface area contributed by atoms with Crippen LogP contribution in [0.5, 0.6) is 11.5 Å². The van der Waals surface area contributed by atoms with Crippen LogP contribution in [-0.2, 0) is 9.47 Å². The minimum Gasteiger partial charge on any atom is -0.493 e. The molecular formula is C18H21NO6S. The van der Waals surface area contributed by atoms with Crippen LogP contribution >= 0.6 is 11.3 Å². The van der Waals surface area contributed by atoms with E-state index in [9.17, 15) is 9.59 Å². The largest absolute Gasteiger partial charge is 0.493 e. The monoisotopic (exact) mass is 379 g/mol. The van der Waals surface area contributed by atoms with Crippen molar-refractivity contribution in [2.45, 2.75) is 13.8 Å². The molecule has 1 aromatic carbocycles. The summed E-state index contributed by atoms with van der Waals surface area (Å²) in [5.41, 5.74) is 1.64. The number of hydrogen-bond donors (Lipinski definition) is 1. The number of nitrogens with one attached hydrogen (secondary N) is 1. The number of amides is 1. The summed E-state index contributed by atoms with van der Waals surface area (Å²) in [5, 5.41) is 4.73. The van der Waals surface area contributed by atoms with Gasteiger partial charge in [-0.2, -0.15) is 0 Å². The van der Waals surface area contributed by atoms with Crippen molar-refractivity contribution in [3.8, 4) is 22.6 Å². The maximum atomic E-state index is 12.5. The molecule has 8 heteroatoms. The summed E-state index contributed by atoms with van der Waals surface area (Å²) in [4.78, 5) is 24.2. The topological polar surface area (TPSA) is 83.1 Å². The Kier molecular flexibility index (Phi) is 6.85. The van der Waals surface area contributed by atoms with Crippen LogP contribution in [0, 0.1) is 0 Å². The third-order valence-electron chi connectivity index (χ3n) is 3.46. The van der Waals surface area contributed by atoms with Crippen molar-refractivity contribution < 1.29 is 28.5 Å². The first kappa shape index (κ1) is 19.6. The number of hydrogen-bond acceptors (Lipinski definition) is 7. The van der Waals surface area contributed by atoms with Gasteiger partial charge >= 0.3 is 12.1 Å². The molecule has 1 heterocycles. The average molecular weight is 379 g/mol. The zero-order valence-electron chi connectivity index (χ0n) is 15.1. The predicted molar refractivity (Wildman–Crippen MR) is 99.5 cm³/mol. The second kappa shape index (κ2) is 9.10. The Morgan fingerprint density at radius 2 is 1.73 bits per heavy atom. The van der Waals surface area contributed by atoms with Crippen molar-refractivity contribution in [3.05, 3.63) is 29.1 Å². The van der Waals surface area contributed by atoms with Crippen molar-refractivity contribution in [1.82, 2.24) is 0 Å². The van der Waals surface area contributed by atoms with Crippen LogP contribution in [0.15, 0.2) is 23.6 Å². The van der Waals surface area contributed by atoms with E-state index in [1.165, 1.54) is 18.4 Å². The van der Waals surface area contributed by atoms with E-state index in [2.05, 4.69) is 5.32 Å². The first-order valence-corrected chi connectivity index (χ1v) is 8.88. The zero-order valence-corrected chi connectivity index (χ0v) is 15.9. The normalized spacial score (nSPS) is 10.2. The standard InChI is InChI=1S/C18H21NO6S/c1-5-24-17(20)15-12(10-26-16(15)19-18(21)25-6-2)11-7-8-13(22-3)14(9-11)23-4/h7-10H,5-6H2,1-4H3,(H,19,21). The van der Waals surface area contributed by atoms with Gasteiger partial charge < -0.3 is 18.9 Å². The molecule has 2 aromatic rings. The summed E-state index contributed by atoms with van der Waals surface area (Å²) >= 11 is 1.22. The van der Waals surface area contributed by atoms with Gasteiger partial charge in [0.1, 0.15) is 10.6 Å². The molecule has 140 valence electrons. The molecule has 0 saturated carbocycles. The van der Waals surface area contributed by atoms with Gasteiger partial charge in [0.15, 0.2) is 11.5 Å². The average Bonchev–Trinajstić information content (AvgIpc) is 3.05. The number of carbonyl (C=O) groups is 2. The van der Waals surface area contributed by atoms with E-state index in [1.807, 2.05) is 0 Å². The van der Waals surface area contributed by atoms with Crippen LogP contribution in [0.25, 0.3) is 11.1 Å². The number of benzene rings is 1. The van der Waals surface area contributed by atoms with Gasteiger partial charge in [0.25, 0.3) is 0 Å². The van der Waals surface area contributed by atoms with E-state index in [4.69, 9.17) is 18.9 Å². The summed E-state index contributed by atoms with van der Waals surface area (Å²) < 4.78 is 20.6. The highest BCUT2D eigenvalue weighted by molar-refractivity contribution is 7.15. The Morgan fingerprint density at radius 3 is 2.35 bits per heavy atom. The van der Waals surface area contributed by atoms with Crippen LogP contribution in [0.2, 0.25) is 0 Å². The molecule has 26 heavy (non-hydrogen) atoms. The zero-order chi connectivity index (χ0) is 19.1. The van der Waals surface area contributed by atoms with Gasteiger partial charge in [0.05, 0.1) is 27.4 Å². The van der Waals surface area contributed by atoms with E-state index in [0.29, 0.717) is 22.1 Å². The smallest absolute Gasteiger partial charge is 0.412 e. The quantitative estimate of drug-likeness (QED) is 0.727. The van der Waals surface area contributed by atoms with E-state index in [-0.39, 0.29) is 18.8 Å². The van der Waals surface area contributed by atoms with Gasteiger partial charge in [-0.1, -0.05) is 6.07 Å². The molecule has 1 N–H and O–H groups in total. The molecule has 1 amide bonds. The lowest BCUT2D eigenvalue weighted by Crippen LogP contribution is -2.15. The molecular weight excluding hydrogens is 358 g/mol. The Balaban J connectivity index is 2.49. The Labute approximate surface area is 155 Å². The first-order chi connectivity index (χ1) is 12.5. The lowest BCUT2D eigenvalue weighted by atomic mass is 10.0. The molecule has 0 radical (unpaired) electrons. The number of anilines is 1. The van der Waals surface area contributed by atoms with Crippen molar-refractivity contribution in [3.63, 3.8) is 0 Å². The molecule has 7 nitrogen and oxygen atoms in total. The third-order valence-corrected chi connectivity index (χ3v) is 4.35. The number of rotatable bonds is 7. The van der Waals surface area contributed by atoms with E-state index >= 15 is 0 Å². The van der Waals surface area contributed by atoms with Gasteiger partial charge in [0.2, 0.25) is 0 Å². The fraction of sp³-hybridized carbons (Fsp3) is 0.333. The minimum atomic E-state index is -0.626. The van der Waals surface area contributed by atoms with Crippen LogP contribution in [0.4, 0.5) is 9.80 Å². The third kappa shape index (κ3) is 4.26. The Morgan fingerprint density at radius 1 is 1.04 bits per heavy atom. The number of ether oxygens (including phenoxy) is 4. The highest BCUT2D eigenvalue weighted by atomic mass is 32.1. The van der Waals surface area contributed by atoms with Crippen LogP contribution in [0.1, 0.15) is 24.2 Å². The number of carbonyl (C=O) groups excluding carboxylic acids is 2. The lowest BCUT2D eigenvalue weighted by molar-refractivity contribution is 0.0529. The number of esters is 1. The summed E-state index contributed by atoms with van der Waals surface area (Å²) in [7, 11) is 3.09. The van der Waals surface area contributed by atoms with Crippen molar-refractivity contribution in [1.29, 1.82) is 0 Å². The number of thiophene rings is 1. The van der Waals surface area contributed by atoms with Crippen LogP contribution in [-0.4, -0.2) is 39.5 Å². The SMILES string of the molecule is CCOC(=O)Nc1scc(-c2ccc(OC)c(OC)c2)c1C(=O)OCC. The van der Waals surface area contributed by atoms with Gasteiger partial charge in [-0.05, 0) is 31.5 Å². The van der Waals surface area contributed by atoms with Crippen molar-refractivity contribution >= 4 is 28.4 Å². The predicted octanol–water partition coefficient (Wildman–Crippen LogP) is 4.18. The summed E-state index contributed by atoms with van der Waals surface area (Å²) in [6.45, 7) is 3.88. The molecule has 0 aliphatic rings. The Hall–Kier alpha value is -2.74. The van der Waals surface area contributed by atoms with Crippen molar-refractivity contribution in [2.75, 3.05) is 32.8 Å². The summed E-state index contributed by atoms with van der Waals surface area (Å²) in [6.07, 6.45) is -0.626. The van der Waals surface area contributed by atoms with Gasteiger partial charge in [0, 0.05) is 10.9 Å². The van der Waals surface area contributed by atoms with Crippen LogP contribution in [0.3, 0.4) is 0 Å².